The smallest absolute Gasteiger partial charge is 0.223 e. The quantitative estimate of drug-likeness (QED) is 0.0521. The van der Waals surface area contributed by atoms with E-state index in [4.69, 9.17) is 39.4 Å². The number of H-pyrrole nitrogens is 3. The molecule has 24 nitrogen and oxygen atoms in total. The summed E-state index contributed by atoms with van der Waals surface area (Å²) in [6, 6.07) is 52.0. The maximum absolute atomic E-state index is 12.7. The number of aromatic nitrogens is 15. The first kappa shape index (κ1) is 72.9. The molecule has 16 heterocycles. The first-order chi connectivity index (χ1) is 53.0. The zero-order valence-electron chi connectivity index (χ0n) is 63.6. The Labute approximate surface area is 636 Å². The second-order valence-corrected chi connectivity index (χ2v) is 29.8. The van der Waals surface area contributed by atoms with E-state index < -0.39 is 0 Å². The Morgan fingerprint density at radius 2 is 0.844 bits per heavy atom. The highest BCUT2D eigenvalue weighted by atomic mass is 16.5. The molecule has 558 valence electrons. The second kappa shape index (κ2) is 32.8. The summed E-state index contributed by atoms with van der Waals surface area (Å²) in [5.41, 5.74) is 19.6. The van der Waals surface area contributed by atoms with E-state index in [-0.39, 0.29) is 11.8 Å². The van der Waals surface area contributed by atoms with Gasteiger partial charge in [-0.15, -0.1) is 0 Å². The third-order valence-corrected chi connectivity index (χ3v) is 21.2. The van der Waals surface area contributed by atoms with Crippen LogP contribution in [0.4, 0.5) is 17.5 Å². The number of pyridine rings is 3. The molecular weight excluding hydrogens is 1360 g/mol. The number of hydrogen-bond acceptors (Lipinski definition) is 20. The Hall–Kier alpha value is -11.6. The Morgan fingerprint density at radius 3 is 1.23 bits per heavy atom. The average Bonchev–Trinajstić information content (AvgIpc) is 1.33. The van der Waals surface area contributed by atoms with Gasteiger partial charge in [-0.05, 0) is 188 Å². The van der Waals surface area contributed by atoms with Crippen LogP contribution < -0.4 is 29.5 Å². The van der Waals surface area contributed by atoms with Gasteiger partial charge in [-0.25, -0.2) is 44.9 Å². The number of benzene rings is 3. The molecule has 7 aliphatic heterocycles. The van der Waals surface area contributed by atoms with Crippen LogP contribution in [0.2, 0.25) is 0 Å². The van der Waals surface area contributed by atoms with Crippen molar-refractivity contribution in [3.05, 3.63) is 255 Å². The lowest BCUT2D eigenvalue weighted by molar-refractivity contribution is -0.125. The van der Waals surface area contributed by atoms with Gasteiger partial charge in [0, 0.05) is 178 Å². The van der Waals surface area contributed by atoms with E-state index in [0.29, 0.717) is 61.6 Å². The Kier molecular flexibility index (Phi) is 22.0. The molecule has 12 aromatic rings. The number of anilines is 3. The number of carbonyl (C=O) groups is 1. The molecule has 3 aromatic carbocycles. The van der Waals surface area contributed by atoms with Gasteiger partial charge < -0.3 is 29.5 Å². The number of piperidine rings is 3. The van der Waals surface area contributed by atoms with Crippen molar-refractivity contribution in [2.24, 2.45) is 5.92 Å². The van der Waals surface area contributed by atoms with Crippen molar-refractivity contribution in [2.45, 2.75) is 137 Å². The lowest BCUT2D eigenvalue weighted by Gasteiger charge is -2.56. The first-order valence-corrected chi connectivity index (χ1v) is 37.8. The SMILES string of the molecule is COc1ccc(CNC(=O)C2CCN(c3ccc(-c4nc(C)cc(Cc5cc(C)[nH]n5)n4)cn3)CC2)cc1.COc1cccc(CN2C3CC2CN(c2ccc(-c4nc(C)cc(Cc5cc(C)[nH]n5)n4)cn2)C3)c1.Cc1cccc(CN2C3CC2CN(c2ccc(-c4nc(C)cc(Cc5cc(C)[nH]n5)n4)cn2)C3)c1. The standard InChI is InChI=1S/C29H33N7O2.C28H31N7O.C28H31N7/c1-19-14-24(16-25-15-20(2)34-35-25)33-28(32-19)23-6-9-27(30-18-23)36-12-10-22(11-13-36)29(37)31-17-21-4-7-26(38-3)8-5-21;1-18-9-22(12-23-10-19(2)32-33-23)31-28(30-18)21-7-8-27(29-14-21)34-16-24-13-25(17-34)35(24)15-20-5-4-6-26(11-20)36-3;1-18-5-4-6-21(9-18)15-35-25-13-26(35)17-34(16-25)27-8-7-22(14-29-27)28-30-19(2)10-23(31-28)12-24-11-20(3)32-33-24/h4-9,14-15,18,22H,10-13,16-17H2,1-3H3,(H,31,37)(H,34,35);4-11,14,24-25H,12-13,15-17H2,1-3H3,(H,32,33);4-11,14,25-26H,12-13,15-17H2,1-3H3,(H,32,33). The molecule has 7 fully saturated rings. The fourth-order valence-electron chi connectivity index (χ4n) is 15.6. The number of nitrogens with zero attached hydrogens (tertiary/aromatic N) is 17. The number of fused-ring (bicyclic) bond motifs is 4. The molecule has 0 radical (unpaired) electrons. The van der Waals surface area contributed by atoms with Crippen molar-refractivity contribution in [1.29, 1.82) is 0 Å². The molecule has 1 amide bonds. The highest BCUT2D eigenvalue weighted by molar-refractivity contribution is 5.79. The van der Waals surface area contributed by atoms with E-state index in [2.05, 4.69) is 161 Å². The largest absolute Gasteiger partial charge is 0.497 e. The highest BCUT2D eigenvalue weighted by Crippen LogP contribution is 2.38. The minimum atomic E-state index is 0.0150. The Balaban J connectivity index is 0.000000130. The number of ether oxygens (including phenoxy) is 2. The van der Waals surface area contributed by atoms with Gasteiger partial charge in [-0.2, -0.15) is 15.3 Å². The predicted octanol–water partition coefficient (Wildman–Crippen LogP) is 12.2. The molecule has 4 bridgehead atoms. The summed E-state index contributed by atoms with van der Waals surface area (Å²) in [7, 11) is 3.37. The molecule has 0 aliphatic carbocycles. The second-order valence-electron chi connectivity index (χ2n) is 29.8. The van der Waals surface area contributed by atoms with Crippen molar-refractivity contribution < 1.29 is 14.3 Å². The molecule has 4 atom stereocenters. The van der Waals surface area contributed by atoms with E-state index in [9.17, 15) is 4.79 Å². The summed E-state index contributed by atoms with van der Waals surface area (Å²) in [6.45, 7) is 22.3. The van der Waals surface area contributed by atoms with Crippen LogP contribution in [0.15, 0.2) is 164 Å². The normalized spacial score (nSPS) is 17.5. The lowest BCUT2D eigenvalue weighted by Crippen LogP contribution is -2.68. The summed E-state index contributed by atoms with van der Waals surface area (Å²) >= 11 is 0. The number of amides is 1. The molecule has 19 rings (SSSR count). The van der Waals surface area contributed by atoms with Gasteiger partial charge >= 0.3 is 0 Å². The van der Waals surface area contributed by atoms with E-state index in [0.717, 1.165) is 191 Å². The third-order valence-electron chi connectivity index (χ3n) is 21.2. The van der Waals surface area contributed by atoms with Crippen molar-refractivity contribution in [3.8, 4) is 45.7 Å². The van der Waals surface area contributed by atoms with Gasteiger partial charge in [0.1, 0.15) is 29.0 Å². The number of nitrogens with one attached hydrogen (secondary N) is 4. The summed E-state index contributed by atoms with van der Waals surface area (Å²) in [5, 5.41) is 25.1. The molecule has 7 aliphatic rings. The van der Waals surface area contributed by atoms with Crippen LogP contribution in [0.5, 0.6) is 11.5 Å². The monoisotopic (exact) mass is 1460 g/mol. The number of methoxy groups -OCH3 is 2. The molecule has 9 aromatic heterocycles. The topological polar surface area (TPSA) is 266 Å². The van der Waals surface area contributed by atoms with E-state index in [1.165, 1.54) is 29.5 Å². The van der Waals surface area contributed by atoms with Gasteiger partial charge in [-0.1, -0.05) is 54.1 Å². The maximum Gasteiger partial charge on any atom is 0.223 e. The number of rotatable bonds is 21. The van der Waals surface area contributed by atoms with Gasteiger partial charge in [0.05, 0.1) is 48.4 Å². The summed E-state index contributed by atoms with van der Waals surface area (Å²) in [4.78, 5) is 67.7. The third kappa shape index (κ3) is 18.0. The summed E-state index contributed by atoms with van der Waals surface area (Å²) in [5.74, 6) is 6.93. The highest BCUT2D eigenvalue weighted by Gasteiger charge is 2.46. The number of carbonyl (C=O) groups excluding carboxylic acids is 1. The maximum atomic E-state index is 12.7. The first-order valence-electron chi connectivity index (χ1n) is 37.8. The van der Waals surface area contributed by atoms with E-state index in [1.807, 2.05) is 127 Å². The van der Waals surface area contributed by atoms with Gasteiger partial charge in [0.25, 0.3) is 0 Å². The van der Waals surface area contributed by atoms with Crippen molar-refractivity contribution in [3.63, 3.8) is 0 Å². The van der Waals surface area contributed by atoms with Gasteiger partial charge in [-0.3, -0.25) is 29.9 Å². The molecule has 0 spiro atoms. The molecule has 4 unspecified atom stereocenters. The summed E-state index contributed by atoms with van der Waals surface area (Å²) in [6.07, 6.45) is 11.8. The number of aryl methyl sites for hydroxylation is 7. The van der Waals surface area contributed by atoms with Crippen LogP contribution in [-0.4, -0.2) is 169 Å². The number of piperazine rings is 2. The molecule has 109 heavy (non-hydrogen) atoms. The van der Waals surface area contributed by atoms with Crippen molar-refractivity contribution in [2.75, 3.05) is 68.2 Å². The van der Waals surface area contributed by atoms with Crippen LogP contribution in [0.3, 0.4) is 0 Å². The number of aromatic amines is 3. The fraction of sp³-hybridized carbons (Fsp3) is 0.353. The average molecular weight is 1460 g/mol. The van der Waals surface area contributed by atoms with Crippen LogP contribution in [0.1, 0.15) is 116 Å². The van der Waals surface area contributed by atoms with Crippen LogP contribution in [-0.2, 0) is 43.7 Å². The molecule has 24 heteroatoms. The molecule has 4 N–H and O–H groups in total. The molecular formula is C85H95N21O3. The van der Waals surface area contributed by atoms with Crippen LogP contribution in [0.25, 0.3) is 34.2 Å². The van der Waals surface area contributed by atoms with E-state index in [1.54, 1.807) is 14.2 Å². The van der Waals surface area contributed by atoms with Crippen LogP contribution in [0, 0.1) is 54.4 Å². The predicted molar refractivity (Wildman–Crippen MR) is 422 cm³/mol. The van der Waals surface area contributed by atoms with Crippen molar-refractivity contribution >= 4 is 23.4 Å². The lowest BCUT2D eigenvalue weighted by atomic mass is 9.86. The Bertz CT molecular complexity index is 5070. The van der Waals surface area contributed by atoms with E-state index >= 15 is 0 Å². The summed E-state index contributed by atoms with van der Waals surface area (Å²) < 4.78 is 10.6. The van der Waals surface area contributed by atoms with Gasteiger partial charge in [0.2, 0.25) is 5.91 Å². The van der Waals surface area contributed by atoms with Crippen molar-refractivity contribution in [1.82, 2.24) is 90.6 Å². The van der Waals surface area contributed by atoms with Gasteiger partial charge in [0.15, 0.2) is 17.5 Å². The Morgan fingerprint density at radius 1 is 0.431 bits per heavy atom. The molecule has 7 saturated heterocycles. The zero-order valence-corrected chi connectivity index (χ0v) is 63.6. The minimum Gasteiger partial charge on any atom is -0.497 e. The minimum absolute atomic E-state index is 0.0150. The van der Waals surface area contributed by atoms with Crippen LogP contribution >= 0.6 is 0 Å². The fourth-order valence-corrected chi connectivity index (χ4v) is 15.6. The zero-order chi connectivity index (χ0) is 75.1. The molecule has 0 saturated carbocycles. The number of hydrogen-bond donors (Lipinski definition) is 4.